The zero-order valence-corrected chi connectivity index (χ0v) is 19.4. The molecule has 0 aliphatic heterocycles. The van der Waals surface area contributed by atoms with Crippen LogP contribution in [0.25, 0.3) is 0 Å². The van der Waals surface area contributed by atoms with Crippen molar-refractivity contribution in [2.75, 3.05) is 6.54 Å². The number of nitrogens with zero attached hydrogens (tertiary/aromatic N) is 2. The lowest BCUT2D eigenvalue weighted by atomic mass is 10.2. The van der Waals surface area contributed by atoms with Gasteiger partial charge in [0.15, 0.2) is 5.96 Å². The molecule has 2 aromatic heterocycles. The highest BCUT2D eigenvalue weighted by atomic mass is 127. The molecule has 0 aliphatic carbocycles. The fraction of sp³-hybridized carbons (Fsp3) is 0.333. The van der Waals surface area contributed by atoms with Crippen LogP contribution in [0.3, 0.4) is 0 Å². The van der Waals surface area contributed by atoms with E-state index in [1.807, 2.05) is 30.3 Å². The molecule has 3 aromatic rings. The largest absolute Gasteiger partial charge is 0.469 e. The molecule has 0 unspecified atom stereocenters. The molecule has 0 fully saturated rings. The Labute approximate surface area is 187 Å². The van der Waals surface area contributed by atoms with Gasteiger partial charge in [-0.2, -0.15) is 0 Å². The Morgan fingerprint density at radius 3 is 2.64 bits per heavy atom. The number of aliphatic imine (C=N–C) groups is 1. The quantitative estimate of drug-likeness (QED) is 0.256. The maximum absolute atomic E-state index is 5.39. The first-order valence-electron chi connectivity index (χ1n) is 9.23. The fourth-order valence-corrected chi connectivity index (χ4v) is 3.41. The van der Waals surface area contributed by atoms with E-state index in [0.717, 1.165) is 35.4 Å². The van der Waals surface area contributed by atoms with E-state index in [0.29, 0.717) is 19.0 Å². The Kier molecular flexibility index (Phi) is 9.49. The minimum absolute atomic E-state index is 0. The van der Waals surface area contributed by atoms with Gasteiger partial charge in [-0.3, -0.25) is 0 Å². The molecule has 28 heavy (non-hydrogen) atoms. The lowest BCUT2D eigenvalue weighted by Gasteiger charge is -2.11. The normalized spacial score (nSPS) is 11.3. The number of rotatable bonds is 8. The monoisotopic (exact) mass is 510 g/mol. The summed E-state index contributed by atoms with van der Waals surface area (Å²) >= 11 is 1.68. The topological polar surface area (TPSA) is 62.5 Å². The van der Waals surface area contributed by atoms with Gasteiger partial charge in [-0.25, -0.2) is 9.98 Å². The molecule has 0 bridgehead atoms. The van der Waals surface area contributed by atoms with Crippen molar-refractivity contribution in [3.05, 3.63) is 76.1 Å². The molecule has 150 valence electrons. The predicted octanol–water partition coefficient (Wildman–Crippen LogP) is 4.96. The third-order valence-corrected chi connectivity index (χ3v) is 4.94. The molecule has 0 amide bonds. The van der Waals surface area contributed by atoms with E-state index in [-0.39, 0.29) is 24.0 Å². The van der Waals surface area contributed by atoms with Gasteiger partial charge in [0.05, 0.1) is 25.0 Å². The maximum atomic E-state index is 5.39. The molecule has 0 saturated carbocycles. The molecule has 0 saturated heterocycles. The van der Waals surface area contributed by atoms with Crippen molar-refractivity contribution in [1.82, 2.24) is 15.6 Å². The number of nitrogens with one attached hydrogen (secondary N) is 2. The van der Waals surface area contributed by atoms with E-state index < -0.39 is 0 Å². The first kappa shape index (κ1) is 22.4. The summed E-state index contributed by atoms with van der Waals surface area (Å²) in [6.45, 7) is 6.37. The number of halogens is 1. The number of thiazole rings is 1. The molecule has 0 spiro atoms. The number of hydrogen-bond acceptors (Lipinski definition) is 4. The molecule has 5 nitrogen and oxygen atoms in total. The second-order valence-electron chi connectivity index (χ2n) is 6.58. The predicted molar refractivity (Wildman–Crippen MR) is 126 cm³/mol. The number of aromatic nitrogens is 1. The number of hydrogen-bond donors (Lipinski definition) is 2. The van der Waals surface area contributed by atoms with Crippen LogP contribution in [0.15, 0.2) is 63.5 Å². The van der Waals surface area contributed by atoms with Crippen molar-refractivity contribution in [1.29, 1.82) is 0 Å². The maximum Gasteiger partial charge on any atom is 0.191 e. The van der Waals surface area contributed by atoms with Gasteiger partial charge in [-0.15, -0.1) is 35.3 Å². The standard InChI is InChI=1S/C21H26N4OS.HI/c1-16(2)19-15-27-20(25-19)14-24-21(22-11-10-18-9-6-12-26-18)23-13-17-7-4-3-5-8-17;/h3-9,12,15-16H,10-11,13-14H2,1-2H3,(H2,22,23,24);1H. The summed E-state index contributed by atoms with van der Waals surface area (Å²) in [5.41, 5.74) is 2.33. The second-order valence-corrected chi connectivity index (χ2v) is 7.52. The van der Waals surface area contributed by atoms with Crippen LogP contribution < -0.4 is 10.6 Å². The van der Waals surface area contributed by atoms with Crippen LogP contribution >= 0.6 is 35.3 Å². The van der Waals surface area contributed by atoms with E-state index in [1.54, 1.807) is 17.6 Å². The SMILES string of the molecule is CC(C)c1csc(CNC(=NCc2ccccc2)NCCc2ccco2)n1.I. The van der Waals surface area contributed by atoms with E-state index in [1.165, 1.54) is 5.56 Å². The summed E-state index contributed by atoms with van der Waals surface area (Å²) in [4.78, 5) is 9.39. The first-order valence-corrected chi connectivity index (χ1v) is 10.1. The lowest BCUT2D eigenvalue weighted by Crippen LogP contribution is -2.38. The van der Waals surface area contributed by atoms with Crippen LogP contribution in [-0.2, 0) is 19.5 Å². The Hall–Kier alpha value is -1.87. The molecule has 1 aromatic carbocycles. The van der Waals surface area contributed by atoms with E-state index >= 15 is 0 Å². The number of furan rings is 1. The van der Waals surface area contributed by atoms with Crippen LogP contribution in [0.5, 0.6) is 0 Å². The van der Waals surface area contributed by atoms with E-state index in [2.05, 4.69) is 47.0 Å². The van der Waals surface area contributed by atoms with Crippen LogP contribution in [0, 0.1) is 0 Å². The highest BCUT2D eigenvalue weighted by Gasteiger charge is 2.07. The molecule has 3 rings (SSSR count). The summed E-state index contributed by atoms with van der Waals surface area (Å²) in [6, 6.07) is 14.1. The molecule has 0 aliphatic rings. The van der Waals surface area contributed by atoms with Crippen molar-refractivity contribution >= 4 is 41.3 Å². The zero-order chi connectivity index (χ0) is 18.9. The molecule has 7 heteroatoms. The van der Waals surface area contributed by atoms with Crippen molar-refractivity contribution in [3.63, 3.8) is 0 Å². The number of benzene rings is 1. The van der Waals surface area contributed by atoms with Crippen molar-refractivity contribution < 1.29 is 4.42 Å². The van der Waals surface area contributed by atoms with Crippen molar-refractivity contribution in [3.8, 4) is 0 Å². The number of guanidine groups is 1. The van der Waals surface area contributed by atoms with Gasteiger partial charge < -0.3 is 15.1 Å². The summed E-state index contributed by atoms with van der Waals surface area (Å²) in [6.07, 6.45) is 2.51. The summed E-state index contributed by atoms with van der Waals surface area (Å²) in [7, 11) is 0. The molecular weight excluding hydrogens is 483 g/mol. The van der Waals surface area contributed by atoms with Crippen LogP contribution in [0.4, 0.5) is 0 Å². The minimum Gasteiger partial charge on any atom is -0.469 e. The molecule has 0 atom stereocenters. The highest BCUT2D eigenvalue weighted by molar-refractivity contribution is 14.0. The van der Waals surface area contributed by atoms with Crippen LogP contribution in [0.2, 0.25) is 0 Å². The van der Waals surface area contributed by atoms with Gasteiger partial charge in [-0.1, -0.05) is 44.2 Å². The molecule has 2 N–H and O–H groups in total. The second kappa shape index (κ2) is 11.9. The molecule has 0 radical (unpaired) electrons. The van der Waals surface area contributed by atoms with Crippen molar-refractivity contribution in [2.24, 2.45) is 4.99 Å². The summed E-state index contributed by atoms with van der Waals surface area (Å²) < 4.78 is 5.39. The Balaban J connectivity index is 0.00000280. The summed E-state index contributed by atoms with van der Waals surface area (Å²) in [5.74, 6) is 2.20. The Bertz CT molecular complexity index is 831. The smallest absolute Gasteiger partial charge is 0.191 e. The third-order valence-electron chi connectivity index (χ3n) is 4.07. The first-order chi connectivity index (χ1) is 13.2. The van der Waals surface area contributed by atoms with Gasteiger partial charge in [-0.05, 0) is 23.6 Å². The third kappa shape index (κ3) is 7.27. The van der Waals surface area contributed by atoms with E-state index in [4.69, 9.17) is 9.41 Å². The van der Waals surface area contributed by atoms with Crippen LogP contribution in [0.1, 0.15) is 41.8 Å². The average Bonchev–Trinajstić information content (AvgIpc) is 3.36. The van der Waals surface area contributed by atoms with E-state index in [9.17, 15) is 0 Å². The molecular formula is C21H27IN4OS. The lowest BCUT2D eigenvalue weighted by molar-refractivity contribution is 0.506. The zero-order valence-electron chi connectivity index (χ0n) is 16.2. The highest BCUT2D eigenvalue weighted by Crippen LogP contribution is 2.17. The van der Waals surface area contributed by atoms with Gasteiger partial charge >= 0.3 is 0 Å². The van der Waals surface area contributed by atoms with Gasteiger partial charge in [0.1, 0.15) is 10.8 Å². The van der Waals surface area contributed by atoms with Crippen molar-refractivity contribution in [2.45, 2.75) is 39.3 Å². The minimum atomic E-state index is 0. The Morgan fingerprint density at radius 2 is 1.96 bits per heavy atom. The van der Waals surface area contributed by atoms with Crippen LogP contribution in [-0.4, -0.2) is 17.5 Å². The summed E-state index contributed by atoms with van der Waals surface area (Å²) in [5, 5.41) is 9.98. The van der Waals surface area contributed by atoms with Gasteiger partial charge in [0.25, 0.3) is 0 Å². The van der Waals surface area contributed by atoms with Gasteiger partial charge in [0, 0.05) is 18.3 Å². The van der Waals surface area contributed by atoms with Gasteiger partial charge in [0.2, 0.25) is 0 Å². The average molecular weight is 510 g/mol. The fourth-order valence-electron chi connectivity index (χ4n) is 2.52. The molecule has 2 heterocycles. The Morgan fingerprint density at radius 1 is 1.14 bits per heavy atom.